The molecule has 0 bridgehead atoms. The summed E-state index contributed by atoms with van der Waals surface area (Å²) in [4.78, 5) is 0.469. The first-order valence-electron chi connectivity index (χ1n) is 4.07. The summed E-state index contributed by atoms with van der Waals surface area (Å²) in [6.07, 6.45) is 1.94. The largest absolute Gasteiger partial charge is 0.399 e. The Morgan fingerprint density at radius 2 is 2.21 bits per heavy atom. The van der Waals surface area contributed by atoms with Gasteiger partial charge in [-0.25, -0.2) is 4.39 Å². The molecule has 0 heterocycles. The maximum Gasteiger partial charge on any atom is 0.126 e. The van der Waals surface area contributed by atoms with Crippen LogP contribution in [0.2, 0.25) is 0 Å². The zero-order chi connectivity index (χ0) is 10.6. The summed E-state index contributed by atoms with van der Waals surface area (Å²) in [5.74, 6) is 0.894. The van der Waals surface area contributed by atoms with Crippen LogP contribution in [0.1, 0.15) is 0 Å². The Morgan fingerprint density at radius 3 is 2.79 bits per heavy atom. The third-order valence-corrected chi connectivity index (χ3v) is 3.84. The molecule has 2 N–H and O–H groups in total. The van der Waals surface area contributed by atoms with Crippen LogP contribution in [-0.2, 0) is 10.8 Å². The lowest BCUT2D eigenvalue weighted by Gasteiger charge is -2.02. The fourth-order valence-corrected chi connectivity index (χ4v) is 3.01. The van der Waals surface area contributed by atoms with E-state index in [9.17, 15) is 8.60 Å². The Morgan fingerprint density at radius 1 is 1.50 bits per heavy atom. The summed E-state index contributed by atoms with van der Waals surface area (Å²) < 4.78 is 24.5. The summed E-state index contributed by atoms with van der Waals surface area (Å²) in [6.45, 7) is 0. The molecule has 0 aliphatic heterocycles. The number of rotatable bonds is 4. The maximum absolute atomic E-state index is 12.9. The fraction of sp³-hybridized carbons (Fsp3) is 0.333. The van der Waals surface area contributed by atoms with Gasteiger partial charge in [0.05, 0.1) is 10.8 Å². The second-order valence-corrected chi connectivity index (χ2v) is 5.32. The van der Waals surface area contributed by atoms with Crippen molar-refractivity contribution in [2.24, 2.45) is 0 Å². The third kappa shape index (κ3) is 3.31. The summed E-state index contributed by atoms with van der Waals surface area (Å²) in [5.41, 5.74) is 5.76. The van der Waals surface area contributed by atoms with Crippen LogP contribution in [0.25, 0.3) is 0 Å². The van der Waals surface area contributed by atoms with Gasteiger partial charge in [-0.15, -0.1) is 0 Å². The van der Waals surface area contributed by atoms with Crippen molar-refractivity contribution in [3.05, 3.63) is 24.0 Å². The van der Waals surface area contributed by atoms with E-state index in [1.165, 1.54) is 12.1 Å². The highest BCUT2D eigenvalue weighted by atomic mass is 32.2. The SMILES string of the molecule is CSCCS(=O)c1cc(N)cc(F)c1. The van der Waals surface area contributed by atoms with Gasteiger partial charge < -0.3 is 5.73 Å². The maximum atomic E-state index is 12.9. The summed E-state index contributed by atoms with van der Waals surface area (Å²) in [7, 11) is -1.14. The van der Waals surface area contributed by atoms with Crippen LogP contribution in [0.15, 0.2) is 23.1 Å². The molecule has 5 heteroatoms. The molecule has 0 spiro atoms. The highest BCUT2D eigenvalue weighted by Crippen LogP contribution is 2.15. The minimum atomic E-state index is -1.14. The van der Waals surface area contributed by atoms with Crippen LogP contribution >= 0.6 is 11.8 Å². The quantitative estimate of drug-likeness (QED) is 0.807. The number of hydrogen-bond acceptors (Lipinski definition) is 3. The van der Waals surface area contributed by atoms with Crippen LogP contribution in [0.3, 0.4) is 0 Å². The average molecular weight is 233 g/mol. The van der Waals surface area contributed by atoms with E-state index in [-0.39, 0.29) is 0 Å². The number of halogens is 1. The molecule has 1 aromatic rings. The lowest BCUT2D eigenvalue weighted by atomic mass is 10.3. The number of anilines is 1. The topological polar surface area (TPSA) is 43.1 Å². The molecule has 0 amide bonds. The van der Waals surface area contributed by atoms with Crippen molar-refractivity contribution in [3.63, 3.8) is 0 Å². The molecule has 1 unspecified atom stereocenters. The van der Waals surface area contributed by atoms with Crippen LogP contribution in [0.4, 0.5) is 10.1 Å². The fourth-order valence-electron chi connectivity index (χ4n) is 0.993. The van der Waals surface area contributed by atoms with E-state index in [4.69, 9.17) is 5.73 Å². The minimum absolute atomic E-state index is 0.317. The summed E-state index contributed by atoms with van der Waals surface area (Å²) >= 11 is 1.61. The van der Waals surface area contributed by atoms with Crippen molar-refractivity contribution < 1.29 is 8.60 Å². The number of thioether (sulfide) groups is 1. The Balaban J connectivity index is 2.79. The highest BCUT2D eigenvalue weighted by molar-refractivity contribution is 7.99. The van der Waals surface area contributed by atoms with E-state index in [0.717, 1.165) is 5.75 Å². The molecule has 1 rings (SSSR count). The molecule has 0 fully saturated rings. The number of nitrogen functional groups attached to an aromatic ring is 1. The number of hydrogen-bond donors (Lipinski definition) is 1. The van der Waals surface area contributed by atoms with Crippen molar-refractivity contribution in [2.45, 2.75) is 4.90 Å². The van der Waals surface area contributed by atoms with E-state index in [2.05, 4.69) is 0 Å². The molecular weight excluding hydrogens is 221 g/mol. The van der Waals surface area contributed by atoms with Crippen molar-refractivity contribution in [3.8, 4) is 0 Å². The molecule has 1 aromatic carbocycles. The van der Waals surface area contributed by atoms with Gasteiger partial charge in [0, 0.05) is 22.1 Å². The van der Waals surface area contributed by atoms with Gasteiger partial charge in [-0.3, -0.25) is 4.21 Å². The molecule has 0 aliphatic rings. The number of benzene rings is 1. The van der Waals surface area contributed by atoms with Gasteiger partial charge in [0.15, 0.2) is 0 Å². The second kappa shape index (κ2) is 5.36. The molecule has 0 aliphatic carbocycles. The highest BCUT2D eigenvalue weighted by Gasteiger charge is 2.05. The normalized spacial score (nSPS) is 12.7. The molecule has 2 nitrogen and oxygen atoms in total. The summed E-state index contributed by atoms with van der Waals surface area (Å²) in [6, 6.07) is 4.04. The molecule has 1 atom stereocenters. The van der Waals surface area contributed by atoms with Gasteiger partial charge in [-0.2, -0.15) is 11.8 Å². The van der Waals surface area contributed by atoms with Gasteiger partial charge in [0.2, 0.25) is 0 Å². The van der Waals surface area contributed by atoms with Gasteiger partial charge in [-0.1, -0.05) is 0 Å². The Kier molecular flexibility index (Phi) is 4.41. The summed E-state index contributed by atoms with van der Waals surface area (Å²) in [5, 5.41) is 0. The standard InChI is InChI=1S/C9H12FNOS2/c1-13-2-3-14(12)9-5-7(10)4-8(11)6-9/h4-6H,2-3,11H2,1H3. The smallest absolute Gasteiger partial charge is 0.126 e. The van der Waals surface area contributed by atoms with Gasteiger partial charge in [-0.05, 0) is 24.5 Å². The molecule has 0 aromatic heterocycles. The Labute approximate surface area is 89.5 Å². The van der Waals surface area contributed by atoms with Crippen molar-refractivity contribution in [2.75, 3.05) is 23.5 Å². The molecule has 0 saturated carbocycles. The van der Waals surface area contributed by atoms with Gasteiger partial charge >= 0.3 is 0 Å². The monoisotopic (exact) mass is 233 g/mol. The second-order valence-electron chi connectivity index (χ2n) is 2.76. The predicted molar refractivity (Wildman–Crippen MR) is 60.5 cm³/mol. The van der Waals surface area contributed by atoms with Crippen molar-refractivity contribution in [1.82, 2.24) is 0 Å². The molecule has 14 heavy (non-hydrogen) atoms. The third-order valence-electron chi connectivity index (χ3n) is 1.63. The van der Waals surface area contributed by atoms with Gasteiger partial charge in [0.1, 0.15) is 5.82 Å². The van der Waals surface area contributed by atoms with E-state index < -0.39 is 16.6 Å². The van der Waals surface area contributed by atoms with E-state index in [1.807, 2.05) is 6.26 Å². The first kappa shape index (κ1) is 11.5. The van der Waals surface area contributed by atoms with Crippen LogP contribution in [0, 0.1) is 5.82 Å². The first-order valence-corrected chi connectivity index (χ1v) is 6.78. The molecule has 0 saturated heterocycles. The number of nitrogens with two attached hydrogens (primary N) is 1. The van der Waals surface area contributed by atoms with Crippen LogP contribution in [-0.4, -0.2) is 22.0 Å². The zero-order valence-electron chi connectivity index (χ0n) is 7.83. The van der Waals surface area contributed by atoms with E-state index in [1.54, 1.807) is 17.8 Å². The minimum Gasteiger partial charge on any atom is -0.399 e. The lowest BCUT2D eigenvalue weighted by Crippen LogP contribution is -2.01. The Bertz CT molecular complexity index is 323. The van der Waals surface area contributed by atoms with Crippen molar-refractivity contribution >= 4 is 28.2 Å². The predicted octanol–water partition coefficient (Wildman–Crippen LogP) is 1.88. The zero-order valence-corrected chi connectivity index (χ0v) is 9.46. The van der Waals surface area contributed by atoms with Crippen molar-refractivity contribution in [1.29, 1.82) is 0 Å². The lowest BCUT2D eigenvalue weighted by molar-refractivity contribution is 0.623. The van der Waals surface area contributed by atoms with Gasteiger partial charge in [0.25, 0.3) is 0 Å². The van der Waals surface area contributed by atoms with Crippen LogP contribution in [0.5, 0.6) is 0 Å². The van der Waals surface area contributed by atoms with E-state index >= 15 is 0 Å². The van der Waals surface area contributed by atoms with Crippen LogP contribution < -0.4 is 5.73 Å². The molecular formula is C9H12FNOS2. The first-order chi connectivity index (χ1) is 6.63. The average Bonchev–Trinajstić information content (AvgIpc) is 2.12. The Hall–Kier alpha value is -0.550. The molecule has 78 valence electrons. The van der Waals surface area contributed by atoms with E-state index in [0.29, 0.717) is 16.3 Å². The molecule has 0 radical (unpaired) electrons.